The Morgan fingerprint density at radius 2 is 1.42 bits per heavy atom. The standard InChI is InChI=1S/C16H14F2O/c17-16(18)14(12-7-3-1-4-8-12)11-15(19)13-9-5-2-6-10-13/h1-11,15-16,19H/b14-11+. The Bertz CT molecular complexity index is 535. The van der Waals surface area contributed by atoms with Crippen LogP contribution in [0, 0.1) is 0 Å². The van der Waals surface area contributed by atoms with Crippen LogP contribution in [0.4, 0.5) is 8.78 Å². The van der Waals surface area contributed by atoms with Crippen molar-refractivity contribution in [2.75, 3.05) is 0 Å². The van der Waals surface area contributed by atoms with Gasteiger partial charge in [0.15, 0.2) is 0 Å². The third-order valence-corrected chi connectivity index (χ3v) is 2.82. The van der Waals surface area contributed by atoms with Crippen molar-refractivity contribution in [3.63, 3.8) is 0 Å². The summed E-state index contributed by atoms with van der Waals surface area (Å²) in [5, 5.41) is 9.99. The first-order valence-electron chi connectivity index (χ1n) is 5.97. The second-order valence-electron chi connectivity index (χ2n) is 4.14. The van der Waals surface area contributed by atoms with Crippen molar-refractivity contribution in [2.24, 2.45) is 0 Å². The van der Waals surface area contributed by atoms with Crippen LogP contribution in [0.15, 0.2) is 66.7 Å². The summed E-state index contributed by atoms with van der Waals surface area (Å²) in [7, 11) is 0. The fourth-order valence-corrected chi connectivity index (χ4v) is 1.84. The molecular weight excluding hydrogens is 246 g/mol. The van der Waals surface area contributed by atoms with Gasteiger partial charge in [0.05, 0.1) is 6.10 Å². The van der Waals surface area contributed by atoms with E-state index in [1.54, 1.807) is 54.6 Å². The van der Waals surface area contributed by atoms with E-state index in [2.05, 4.69) is 0 Å². The smallest absolute Gasteiger partial charge is 0.264 e. The average Bonchev–Trinajstić information content (AvgIpc) is 2.46. The maximum absolute atomic E-state index is 13.1. The number of hydrogen-bond donors (Lipinski definition) is 1. The maximum atomic E-state index is 13.1. The van der Waals surface area contributed by atoms with E-state index in [0.29, 0.717) is 11.1 Å². The van der Waals surface area contributed by atoms with Crippen molar-refractivity contribution in [2.45, 2.75) is 12.5 Å². The summed E-state index contributed by atoms with van der Waals surface area (Å²) in [6.45, 7) is 0. The van der Waals surface area contributed by atoms with E-state index in [4.69, 9.17) is 0 Å². The van der Waals surface area contributed by atoms with Gasteiger partial charge < -0.3 is 5.11 Å². The second-order valence-corrected chi connectivity index (χ2v) is 4.14. The van der Waals surface area contributed by atoms with Crippen LogP contribution in [0.2, 0.25) is 0 Å². The molecule has 0 saturated heterocycles. The molecule has 19 heavy (non-hydrogen) atoms. The van der Waals surface area contributed by atoms with Crippen LogP contribution in [0.3, 0.4) is 0 Å². The second kappa shape index (κ2) is 6.25. The highest BCUT2D eigenvalue weighted by atomic mass is 19.3. The van der Waals surface area contributed by atoms with Gasteiger partial charge in [-0.1, -0.05) is 60.7 Å². The van der Waals surface area contributed by atoms with Crippen LogP contribution in [0.25, 0.3) is 5.57 Å². The highest BCUT2D eigenvalue weighted by Gasteiger charge is 2.15. The normalized spacial score (nSPS) is 13.6. The van der Waals surface area contributed by atoms with Crippen molar-refractivity contribution < 1.29 is 13.9 Å². The van der Waals surface area contributed by atoms with Crippen molar-refractivity contribution in [3.05, 3.63) is 77.9 Å². The Morgan fingerprint density at radius 3 is 1.95 bits per heavy atom. The Labute approximate surface area is 110 Å². The molecule has 0 aromatic heterocycles. The summed E-state index contributed by atoms with van der Waals surface area (Å²) in [4.78, 5) is 0. The number of hydrogen-bond acceptors (Lipinski definition) is 1. The zero-order valence-electron chi connectivity index (χ0n) is 10.2. The Hall–Kier alpha value is -2.00. The SMILES string of the molecule is OC(/C=C(\c1ccccc1)C(F)F)c1ccccc1. The molecule has 1 N–H and O–H groups in total. The zero-order chi connectivity index (χ0) is 13.7. The van der Waals surface area contributed by atoms with Gasteiger partial charge in [-0.15, -0.1) is 0 Å². The minimum atomic E-state index is -2.62. The number of aliphatic hydroxyl groups is 1. The Kier molecular flexibility index (Phi) is 4.42. The molecule has 0 aliphatic carbocycles. The van der Waals surface area contributed by atoms with Crippen LogP contribution in [0.1, 0.15) is 17.2 Å². The van der Waals surface area contributed by atoms with E-state index in [1.807, 2.05) is 6.07 Å². The highest BCUT2D eigenvalue weighted by Crippen LogP contribution is 2.26. The molecule has 98 valence electrons. The van der Waals surface area contributed by atoms with Gasteiger partial charge in [-0.05, 0) is 17.2 Å². The molecule has 0 spiro atoms. The summed E-state index contributed by atoms with van der Waals surface area (Å²) in [6, 6.07) is 17.1. The lowest BCUT2D eigenvalue weighted by molar-refractivity contribution is 0.205. The summed E-state index contributed by atoms with van der Waals surface area (Å²) in [5.41, 5.74) is 0.862. The van der Waals surface area contributed by atoms with E-state index < -0.39 is 12.5 Å². The minimum absolute atomic E-state index is 0.156. The average molecular weight is 260 g/mol. The molecule has 0 aliphatic rings. The predicted octanol–water partition coefficient (Wildman–Crippen LogP) is 4.07. The van der Waals surface area contributed by atoms with Gasteiger partial charge >= 0.3 is 0 Å². The number of aliphatic hydroxyl groups excluding tert-OH is 1. The molecule has 2 rings (SSSR count). The molecule has 0 aliphatic heterocycles. The van der Waals surface area contributed by atoms with Crippen molar-refractivity contribution in [1.82, 2.24) is 0 Å². The number of rotatable bonds is 4. The lowest BCUT2D eigenvalue weighted by atomic mass is 10.0. The van der Waals surface area contributed by atoms with Gasteiger partial charge in [-0.25, -0.2) is 8.78 Å². The molecule has 0 bridgehead atoms. The topological polar surface area (TPSA) is 20.2 Å². The fraction of sp³-hybridized carbons (Fsp3) is 0.125. The predicted molar refractivity (Wildman–Crippen MR) is 71.8 cm³/mol. The van der Waals surface area contributed by atoms with E-state index >= 15 is 0 Å². The third kappa shape index (κ3) is 3.48. The summed E-state index contributed by atoms with van der Waals surface area (Å²) < 4.78 is 26.2. The first-order chi connectivity index (χ1) is 9.18. The quantitative estimate of drug-likeness (QED) is 0.878. The van der Waals surface area contributed by atoms with E-state index in [-0.39, 0.29) is 5.57 Å². The number of halogens is 2. The molecular formula is C16H14F2O. The highest BCUT2D eigenvalue weighted by molar-refractivity contribution is 5.68. The fourth-order valence-electron chi connectivity index (χ4n) is 1.84. The molecule has 0 fully saturated rings. The molecule has 1 unspecified atom stereocenters. The monoisotopic (exact) mass is 260 g/mol. The van der Waals surface area contributed by atoms with Crippen LogP contribution < -0.4 is 0 Å². The first kappa shape index (κ1) is 13.4. The van der Waals surface area contributed by atoms with Crippen LogP contribution in [-0.2, 0) is 0 Å². The molecule has 1 atom stereocenters. The number of allylic oxidation sites excluding steroid dienone is 1. The van der Waals surface area contributed by atoms with Crippen LogP contribution in [0.5, 0.6) is 0 Å². The molecule has 0 radical (unpaired) electrons. The first-order valence-corrected chi connectivity index (χ1v) is 5.97. The zero-order valence-corrected chi connectivity index (χ0v) is 10.2. The maximum Gasteiger partial charge on any atom is 0.264 e. The Morgan fingerprint density at radius 1 is 0.895 bits per heavy atom. The summed E-state index contributed by atoms with van der Waals surface area (Å²) >= 11 is 0. The van der Waals surface area contributed by atoms with Crippen molar-refractivity contribution in [3.8, 4) is 0 Å². The molecule has 1 nitrogen and oxygen atoms in total. The lowest BCUT2D eigenvalue weighted by Crippen LogP contribution is -2.01. The van der Waals surface area contributed by atoms with E-state index in [0.717, 1.165) is 0 Å². The van der Waals surface area contributed by atoms with Gasteiger partial charge in [0.25, 0.3) is 6.43 Å². The number of alkyl halides is 2. The Balaban J connectivity index is 2.32. The van der Waals surface area contributed by atoms with Gasteiger partial charge in [0, 0.05) is 5.57 Å². The minimum Gasteiger partial charge on any atom is -0.384 e. The molecule has 0 heterocycles. The van der Waals surface area contributed by atoms with Gasteiger partial charge in [0.2, 0.25) is 0 Å². The largest absolute Gasteiger partial charge is 0.384 e. The van der Waals surface area contributed by atoms with E-state index in [9.17, 15) is 13.9 Å². The molecule has 0 amide bonds. The van der Waals surface area contributed by atoms with E-state index in [1.165, 1.54) is 6.08 Å². The molecule has 3 heteroatoms. The molecule has 0 saturated carbocycles. The summed E-state index contributed by atoms with van der Waals surface area (Å²) in [6.07, 6.45) is -2.46. The summed E-state index contributed by atoms with van der Waals surface area (Å²) in [5.74, 6) is 0. The third-order valence-electron chi connectivity index (χ3n) is 2.82. The van der Waals surface area contributed by atoms with Gasteiger partial charge in [0.1, 0.15) is 0 Å². The van der Waals surface area contributed by atoms with Crippen LogP contribution in [-0.4, -0.2) is 11.5 Å². The van der Waals surface area contributed by atoms with Gasteiger partial charge in [-0.3, -0.25) is 0 Å². The van der Waals surface area contributed by atoms with Crippen LogP contribution >= 0.6 is 0 Å². The lowest BCUT2D eigenvalue weighted by Gasteiger charge is -2.11. The van der Waals surface area contributed by atoms with Crippen molar-refractivity contribution in [1.29, 1.82) is 0 Å². The number of benzene rings is 2. The van der Waals surface area contributed by atoms with Gasteiger partial charge in [-0.2, -0.15) is 0 Å². The molecule has 2 aromatic carbocycles. The molecule has 2 aromatic rings. The van der Waals surface area contributed by atoms with Crippen molar-refractivity contribution >= 4 is 5.57 Å².